The van der Waals surface area contributed by atoms with Crippen LogP contribution in [-0.2, 0) is 6.54 Å². The van der Waals surface area contributed by atoms with Crippen LogP contribution in [0.2, 0.25) is 5.02 Å². The van der Waals surface area contributed by atoms with Crippen LogP contribution in [0.15, 0.2) is 48.8 Å². The minimum Gasteiger partial charge on any atom is -0.357 e. The fourth-order valence-corrected chi connectivity index (χ4v) is 3.78. The molecule has 0 unspecified atom stereocenters. The molecule has 3 aromatic rings. The molecular weight excluding hydrogens is 372 g/mol. The van der Waals surface area contributed by atoms with Gasteiger partial charge in [0.25, 0.3) is 5.91 Å². The largest absolute Gasteiger partial charge is 0.357 e. The predicted molar refractivity (Wildman–Crippen MR) is 113 cm³/mol. The summed E-state index contributed by atoms with van der Waals surface area (Å²) < 4.78 is 0. The first-order valence-electron chi connectivity index (χ1n) is 9.62. The average molecular weight is 395 g/mol. The molecular formula is C22H23ClN4O. The molecule has 1 amide bonds. The highest BCUT2D eigenvalue weighted by molar-refractivity contribution is 6.32. The number of benzene rings is 1. The Morgan fingerprint density at radius 3 is 2.79 bits per heavy atom. The lowest BCUT2D eigenvalue weighted by Gasteiger charge is -2.31. The topological polar surface area (TPSA) is 58.1 Å². The van der Waals surface area contributed by atoms with Crippen LogP contribution >= 0.6 is 11.6 Å². The van der Waals surface area contributed by atoms with Gasteiger partial charge in [-0.3, -0.25) is 9.78 Å². The summed E-state index contributed by atoms with van der Waals surface area (Å²) in [5, 5.41) is 4.32. The zero-order valence-corrected chi connectivity index (χ0v) is 16.6. The molecule has 144 valence electrons. The van der Waals surface area contributed by atoms with Gasteiger partial charge in [0, 0.05) is 42.4 Å². The average Bonchev–Trinajstić information content (AvgIpc) is 2.72. The van der Waals surface area contributed by atoms with Gasteiger partial charge in [0.2, 0.25) is 0 Å². The minimum atomic E-state index is -0.194. The van der Waals surface area contributed by atoms with E-state index < -0.39 is 0 Å². The highest BCUT2D eigenvalue weighted by Gasteiger charge is 2.17. The number of hydrogen-bond acceptors (Lipinski definition) is 4. The van der Waals surface area contributed by atoms with Crippen molar-refractivity contribution in [3.63, 3.8) is 0 Å². The molecule has 2 aromatic heterocycles. The van der Waals surface area contributed by atoms with Gasteiger partial charge >= 0.3 is 0 Å². The Morgan fingerprint density at radius 1 is 1.21 bits per heavy atom. The number of anilines is 1. The monoisotopic (exact) mass is 394 g/mol. The van der Waals surface area contributed by atoms with Crippen LogP contribution in [0.3, 0.4) is 0 Å². The Balaban J connectivity index is 1.43. The molecule has 6 heteroatoms. The van der Waals surface area contributed by atoms with Crippen molar-refractivity contribution in [2.45, 2.75) is 26.3 Å². The molecule has 1 fully saturated rings. The molecule has 0 atom stereocenters. The van der Waals surface area contributed by atoms with Gasteiger partial charge < -0.3 is 10.2 Å². The van der Waals surface area contributed by atoms with Crippen LogP contribution in [0.5, 0.6) is 0 Å². The van der Waals surface area contributed by atoms with Crippen LogP contribution in [0.1, 0.15) is 35.7 Å². The van der Waals surface area contributed by atoms with Crippen LogP contribution in [0.4, 0.5) is 5.82 Å². The van der Waals surface area contributed by atoms with E-state index in [1.54, 1.807) is 12.3 Å². The Kier molecular flexibility index (Phi) is 5.44. The lowest BCUT2D eigenvalue weighted by atomic mass is 9.99. The smallest absolute Gasteiger partial charge is 0.253 e. The van der Waals surface area contributed by atoms with Crippen molar-refractivity contribution >= 4 is 34.2 Å². The number of piperidine rings is 1. The molecule has 0 bridgehead atoms. The number of nitrogens with zero attached hydrogens (tertiary/aromatic N) is 3. The summed E-state index contributed by atoms with van der Waals surface area (Å²) in [7, 11) is 0. The first kappa shape index (κ1) is 18.7. The molecule has 1 N–H and O–H groups in total. The number of hydrogen-bond donors (Lipinski definition) is 1. The number of aromatic nitrogens is 2. The Morgan fingerprint density at radius 2 is 2.04 bits per heavy atom. The zero-order chi connectivity index (χ0) is 19.5. The third-order valence-corrected chi connectivity index (χ3v) is 5.50. The Hall–Kier alpha value is -2.66. The van der Waals surface area contributed by atoms with E-state index in [-0.39, 0.29) is 5.91 Å². The summed E-state index contributed by atoms with van der Waals surface area (Å²) in [6.07, 6.45) is 5.93. The quantitative estimate of drug-likeness (QED) is 0.710. The van der Waals surface area contributed by atoms with Gasteiger partial charge in [0.15, 0.2) is 0 Å². The van der Waals surface area contributed by atoms with Gasteiger partial charge in [-0.2, -0.15) is 0 Å². The van der Waals surface area contributed by atoms with Crippen molar-refractivity contribution in [3.8, 4) is 0 Å². The molecule has 0 radical (unpaired) electrons. The van der Waals surface area contributed by atoms with Gasteiger partial charge in [-0.25, -0.2) is 4.98 Å². The zero-order valence-electron chi connectivity index (χ0n) is 15.9. The van der Waals surface area contributed by atoms with Crippen LogP contribution < -0.4 is 10.2 Å². The maximum atomic E-state index is 12.7. The van der Waals surface area contributed by atoms with Gasteiger partial charge in [-0.05, 0) is 48.6 Å². The molecule has 3 heterocycles. The van der Waals surface area contributed by atoms with E-state index >= 15 is 0 Å². The van der Waals surface area contributed by atoms with Crippen LogP contribution in [0.25, 0.3) is 10.9 Å². The summed E-state index contributed by atoms with van der Waals surface area (Å²) in [6, 6.07) is 11.3. The lowest BCUT2D eigenvalue weighted by Crippen LogP contribution is -2.33. The second-order valence-corrected chi connectivity index (χ2v) is 7.84. The minimum absolute atomic E-state index is 0.194. The Bertz CT molecular complexity index is 981. The molecule has 28 heavy (non-hydrogen) atoms. The molecule has 4 rings (SSSR count). The summed E-state index contributed by atoms with van der Waals surface area (Å²) >= 11 is 6.16. The molecule has 5 nitrogen and oxygen atoms in total. The van der Waals surface area contributed by atoms with E-state index in [4.69, 9.17) is 11.6 Å². The molecule has 0 aliphatic carbocycles. The highest BCUT2D eigenvalue weighted by Crippen LogP contribution is 2.23. The van der Waals surface area contributed by atoms with E-state index in [0.29, 0.717) is 22.6 Å². The fraction of sp³-hybridized carbons (Fsp3) is 0.318. The van der Waals surface area contributed by atoms with Crippen molar-refractivity contribution in [1.82, 2.24) is 15.3 Å². The molecule has 0 spiro atoms. The second-order valence-electron chi connectivity index (χ2n) is 7.41. The maximum absolute atomic E-state index is 12.7. The van der Waals surface area contributed by atoms with Crippen molar-refractivity contribution < 1.29 is 4.79 Å². The highest BCUT2D eigenvalue weighted by atomic mass is 35.5. The second kappa shape index (κ2) is 8.15. The molecule has 1 saturated heterocycles. The normalized spacial score (nSPS) is 15.0. The summed E-state index contributed by atoms with van der Waals surface area (Å²) in [5.74, 6) is 1.61. The molecule has 1 aliphatic rings. The first-order chi connectivity index (χ1) is 13.6. The third kappa shape index (κ3) is 4.09. The van der Waals surface area contributed by atoms with Gasteiger partial charge in [0.1, 0.15) is 5.82 Å². The van der Waals surface area contributed by atoms with Crippen LogP contribution in [-0.4, -0.2) is 29.0 Å². The van der Waals surface area contributed by atoms with E-state index in [2.05, 4.69) is 27.1 Å². The van der Waals surface area contributed by atoms with E-state index in [1.165, 1.54) is 12.8 Å². The first-order valence-corrected chi connectivity index (χ1v) is 10.0. The number of amides is 1. The van der Waals surface area contributed by atoms with Crippen molar-refractivity contribution in [2.24, 2.45) is 5.92 Å². The van der Waals surface area contributed by atoms with E-state index in [1.807, 2.05) is 36.5 Å². The number of carbonyl (C=O) groups is 1. The molecule has 1 aromatic carbocycles. The summed E-state index contributed by atoms with van der Waals surface area (Å²) in [4.78, 5) is 23.9. The van der Waals surface area contributed by atoms with Gasteiger partial charge in [-0.1, -0.05) is 30.7 Å². The van der Waals surface area contributed by atoms with Crippen molar-refractivity contribution in [3.05, 3.63) is 64.9 Å². The fourth-order valence-electron chi connectivity index (χ4n) is 3.55. The van der Waals surface area contributed by atoms with E-state index in [9.17, 15) is 4.79 Å². The van der Waals surface area contributed by atoms with Gasteiger partial charge in [-0.15, -0.1) is 0 Å². The standard InChI is InChI=1S/C22H23ClN4O/c1-15-6-9-27(10-7-15)20-5-4-16(13-25-20)14-26-22(28)19-12-18(23)11-17-3-2-8-24-21(17)19/h2-5,8,11-13,15H,6-7,9-10,14H2,1H3,(H,26,28). The summed E-state index contributed by atoms with van der Waals surface area (Å²) in [5.41, 5.74) is 2.09. The number of pyridine rings is 2. The lowest BCUT2D eigenvalue weighted by molar-refractivity contribution is 0.0952. The molecule has 0 saturated carbocycles. The van der Waals surface area contributed by atoms with Crippen molar-refractivity contribution in [1.29, 1.82) is 0 Å². The van der Waals surface area contributed by atoms with Gasteiger partial charge in [0.05, 0.1) is 11.1 Å². The third-order valence-electron chi connectivity index (χ3n) is 5.28. The van der Waals surface area contributed by atoms with Crippen LogP contribution in [0, 0.1) is 5.92 Å². The molecule has 1 aliphatic heterocycles. The number of halogens is 1. The Labute approximate surface area is 169 Å². The van der Waals surface area contributed by atoms with Crippen molar-refractivity contribution in [2.75, 3.05) is 18.0 Å². The number of fused-ring (bicyclic) bond motifs is 1. The maximum Gasteiger partial charge on any atom is 0.253 e. The number of rotatable bonds is 4. The predicted octanol–water partition coefficient (Wildman–Crippen LogP) is 4.45. The number of nitrogens with one attached hydrogen (secondary N) is 1. The van der Waals surface area contributed by atoms with E-state index in [0.717, 1.165) is 35.8 Å². The SMILES string of the molecule is CC1CCN(c2ccc(CNC(=O)c3cc(Cl)cc4cccnc34)cn2)CC1. The number of carbonyl (C=O) groups excluding carboxylic acids is 1. The summed E-state index contributed by atoms with van der Waals surface area (Å²) in [6.45, 7) is 4.82.